The maximum Gasteiger partial charge on any atom is 0.0679 e. The molecule has 3 aliphatic carbocycles. The molecule has 4 aliphatic rings. The number of hydrogen-bond donors (Lipinski definition) is 1. The maximum atomic E-state index is 6.00. The average Bonchev–Trinajstić information content (AvgIpc) is 2.43. The van der Waals surface area contributed by atoms with Gasteiger partial charge in [0.05, 0.1) is 5.60 Å². The zero-order valence-electron chi connectivity index (χ0n) is 11.8. The number of methoxy groups -OCH3 is 1. The van der Waals surface area contributed by atoms with E-state index in [9.17, 15) is 0 Å². The van der Waals surface area contributed by atoms with Gasteiger partial charge in [-0.2, -0.15) is 0 Å². The Morgan fingerprint density at radius 1 is 1.06 bits per heavy atom. The minimum atomic E-state index is 0.256. The molecule has 1 heterocycles. The van der Waals surface area contributed by atoms with E-state index in [1.165, 1.54) is 71.0 Å². The number of fused-ring (bicyclic) bond motifs is 3. The van der Waals surface area contributed by atoms with Gasteiger partial charge < -0.3 is 15.4 Å². The molecule has 104 valence electrons. The lowest BCUT2D eigenvalue weighted by molar-refractivity contribution is -0.123. The van der Waals surface area contributed by atoms with Gasteiger partial charge in [0.15, 0.2) is 0 Å². The fourth-order valence-electron chi connectivity index (χ4n) is 4.36. The lowest BCUT2D eigenvalue weighted by Gasteiger charge is -2.54. The molecule has 0 aromatic carbocycles. The summed E-state index contributed by atoms with van der Waals surface area (Å²) < 4.78 is 5.78. The Kier molecular flexibility index (Phi) is 3.41. The van der Waals surface area contributed by atoms with Gasteiger partial charge >= 0.3 is 0 Å². The summed E-state index contributed by atoms with van der Waals surface area (Å²) in [7, 11) is 1.91. The molecule has 0 aromatic rings. The zero-order chi connectivity index (χ0) is 12.6. The van der Waals surface area contributed by atoms with E-state index in [1.54, 1.807) is 0 Å². The van der Waals surface area contributed by atoms with E-state index in [2.05, 4.69) is 4.90 Å². The second kappa shape index (κ2) is 4.77. The van der Waals surface area contributed by atoms with Crippen molar-refractivity contribution in [3.8, 4) is 0 Å². The molecular formula is C15H28N2O. The normalized spacial score (nSPS) is 42.3. The maximum absolute atomic E-state index is 6.00. The van der Waals surface area contributed by atoms with Crippen molar-refractivity contribution in [1.29, 1.82) is 0 Å². The van der Waals surface area contributed by atoms with Crippen molar-refractivity contribution in [3.63, 3.8) is 0 Å². The summed E-state index contributed by atoms with van der Waals surface area (Å²) in [5.74, 6) is 0. The summed E-state index contributed by atoms with van der Waals surface area (Å²) in [5.41, 5.74) is 6.86. The lowest BCUT2D eigenvalue weighted by Crippen LogP contribution is -2.53. The lowest BCUT2D eigenvalue weighted by atomic mass is 9.58. The predicted molar refractivity (Wildman–Crippen MR) is 73.5 cm³/mol. The van der Waals surface area contributed by atoms with Gasteiger partial charge in [0.2, 0.25) is 0 Å². The van der Waals surface area contributed by atoms with Gasteiger partial charge in [-0.3, -0.25) is 0 Å². The van der Waals surface area contributed by atoms with Gasteiger partial charge in [0.1, 0.15) is 0 Å². The van der Waals surface area contributed by atoms with Crippen molar-refractivity contribution >= 4 is 0 Å². The molecule has 0 atom stereocenters. The largest absolute Gasteiger partial charge is 0.378 e. The highest BCUT2D eigenvalue weighted by molar-refractivity contribution is 5.02. The Morgan fingerprint density at radius 2 is 1.61 bits per heavy atom. The molecule has 2 N–H and O–H groups in total. The SMILES string of the molecule is COC12CCC(CN3CCC(N)CC3)(CC1)CC2. The number of ether oxygens (including phenoxy) is 1. The number of nitrogens with zero attached hydrogens (tertiary/aromatic N) is 1. The van der Waals surface area contributed by atoms with E-state index in [1.807, 2.05) is 7.11 Å². The standard InChI is InChI=1S/C15H28N2O/c1-18-15-7-4-14(5-8-15,6-9-15)12-17-10-2-13(16)3-11-17/h13H,2-12,16H2,1H3. The average molecular weight is 252 g/mol. The van der Waals surface area contributed by atoms with Crippen LogP contribution in [0.2, 0.25) is 0 Å². The van der Waals surface area contributed by atoms with Crippen LogP contribution in [0.4, 0.5) is 0 Å². The number of nitrogens with two attached hydrogens (primary N) is 1. The number of hydrogen-bond acceptors (Lipinski definition) is 3. The third-order valence-corrected chi connectivity index (χ3v) is 5.96. The smallest absolute Gasteiger partial charge is 0.0679 e. The fourth-order valence-corrected chi connectivity index (χ4v) is 4.36. The molecule has 0 aromatic heterocycles. The van der Waals surface area contributed by atoms with E-state index in [-0.39, 0.29) is 5.60 Å². The Bertz CT molecular complexity index is 272. The van der Waals surface area contributed by atoms with Crippen molar-refractivity contribution in [2.45, 2.75) is 63.0 Å². The van der Waals surface area contributed by atoms with Crippen LogP contribution in [0.25, 0.3) is 0 Å². The van der Waals surface area contributed by atoms with E-state index in [0.29, 0.717) is 11.5 Å². The van der Waals surface area contributed by atoms with E-state index >= 15 is 0 Å². The second-order valence-corrected chi connectivity index (χ2v) is 7.00. The Hall–Kier alpha value is -0.120. The van der Waals surface area contributed by atoms with Crippen LogP contribution in [0, 0.1) is 5.41 Å². The summed E-state index contributed by atoms with van der Waals surface area (Å²) in [6.45, 7) is 3.76. The first kappa shape index (κ1) is 12.9. The van der Waals surface area contributed by atoms with Crippen LogP contribution in [0.15, 0.2) is 0 Å². The highest BCUT2D eigenvalue weighted by Crippen LogP contribution is 2.54. The molecular weight excluding hydrogens is 224 g/mol. The van der Waals surface area contributed by atoms with Crippen LogP contribution >= 0.6 is 0 Å². The number of rotatable bonds is 3. The second-order valence-electron chi connectivity index (χ2n) is 7.00. The van der Waals surface area contributed by atoms with Crippen LogP contribution < -0.4 is 5.73 Å². The van der Waals surface area contributed by atoms with Crippen LogP contribution in [-0.2, 0) is 4.74 Å². The molecule has 4 fully saturated rings. The zero-order valence-corrected chi connectivity index (χ0v) is 11.8. The van der Waals surface area contributed by atoms with Crippen LogP contribution in [0.1, 0.15) is 51.4 Å². The quantitative estimate of drug-likeness (QED) is 0.836. The van der Waals surface area contributed by atoms with Crippen LogP contribution in [-0.4, -0.2) is 43.3 Å². The summed E-state index contributed by atoms with van der Waals surface area (Å²) in [6, 6.07) is 0.456. The Morgan fingerprint density at radius 3 is 2.11 bits per heavy atom. The van der Waals surface area contributed by atoms with Crippen molar-refractivity contribution < 1.29 is 4.74 Å². The Balaban J connectivity index is 1.57. The van der Waals surface area contributed by atoms with E-state index < -0.39 is 0 Å². The monoisotopic (exact) mass is 252 g/mol. The molecule has 3 nitrogen and oxygen atoms in total. The van der Waals surface area contributed by atoms with Gasteiger partial charge in [0.25, 0.3) is 0 Å². The first-order valence-corrected chi connectivity index (χ1v) is 7.69. The van der Waals surface area contributed by atoms with Crippen molar-refractivity contribution in [1.82, 2.24) is 4.90 Å². The predicted octanol–water partition coefficient (Wildman–Crippen LogP) is 2.15. The Labute approximate surface area is 111 Å². The van der Waals surface area contributed by atoms with E-state index in [0.717, 1.165) is 0 Å². The highest BCUT2D eigenvalue weighted by atomic mass is 16.5. The van der Waals surface area contributed by atoms with Gasteiger partial charge in [-0.1, -0.05) is 0 Å². The number of piperidine rings is 1. The van der Waals surface area contributed by atoms with Gasteiger partial charge in [-0.15, -0.1) is 0 Å². The third kappa shape index (κ3) is 2.33. The molecule has 3 heteroatoms. The molecule has 2 bridgehead atoms. The molecule has 3 saturated carbocycles. The van der Waals surface area contributed by atoms with Gasteiger partial charge in [-0.05, 0) is 69.9 Å². The van der Waals surface area contributed by atoms with Crippen molar-refractivity contribution in [2.75, 3.05) is 26.7 Å². The summed E-state index contributed by atoms with van der Waals surface area (Å²) in [5, 5.41) is 0. The highest BCUT2D eigenvalue weighted by Gasteiger charge is 2.49. The first-order chi connectivity index (χ1) is 8.65. The fraction of sp³-hybridized carbons (Fsp3) is 1.00. The van der Waals surface area contributed by atoms with Crippen molar-refractivity contribution in [3.05, 3.63) is 0 Å². The molecule has 0 spiro atoms. The van der Waals surface area contributed by atoms with E-state index in [4.69, 9.17) is 10.5 Å². The van der Waals surface area contributed by atoms with Gasteiger partial charge in [-0.25, -0.2) is 0 Å². The molecule has 18 heavy (non-hydrogen) atoms. The number of likely N-dealkylation sites (tertiary alicyclic amines) is 1. The molecule has 1 aliphatic heterocycles. The first-order valence-electron chi connectivity index (χ1n) is 7.69. The van der Waals surface area contributed by atoms with Gasteiger partial charge in [0, 0.05) is 19.7 Å². The minimum Gasteiger partial charge on any atom is -0.378 e. The molecule has 0 radical (unpaired) electrons. The third-order valence-electron chi connectivity index (χ3n) is 5.96. The minimum absolute atomic E-state index is 0.256. The topological polar surface area (TPSA) is 38.5 Å². The van der Waals surface area contributed by atoms with Crippen molar-refractivity contribution in [2.24, 2.45) is 11.1 Å². The van der Waals surface area contributed by atoms with Crippen LogP contribution in [0.5, 0.6) is 0 Å². The summed E-state index contributed by atoms with van der Waals surface area (Å²) in [6.07, 6.45) is 10.4. The molecule has 1 saturated heterocycles. The van der Waals surface area contributed by atoms with Crippen LogP contribution in [0.3, 0.4) is 0 Å². The molecule has 0 amide bonds. The summed E-state index contributed by atoms with van der Waals surface area (Å²) >= 11 is 0. The summed E-state index contributed by atoms with van der Waals surface area (Å²) in [4.78, 5) is 2.68. The molecule has 4 rings (SSSR count). The molecule has 0 unspecified atom stereocenters.